The topological polar surface area (TPSA) is 139 Å². The zero-order valence-corrected chi connectivity index (χ0v) is 19.0. The lowest BCUT2D eigenvalue weighted by Gasteiger charge is -2.08. The van der Waals surface area contributed by atoms with Crippen molar-refractivity contribution in [2.45, 2.75) is 4.90 Å². The van der Waals surface area contributed by atoms with E-state index >= 15 is 0 Å². The molecule has 3 aromatic carbocycles. The number of hydrogen-bond donors (Lipinski definition) is 1. The highest BCUT2D eigenvalue weighted by atomic mass is 79.9. The maximum atomic E-state index is 12.5. The van der Waals surface area contributed by atoms with Crippen LogP contribution in [-0.2, 0) is 14.9 Å². The van der Waals surface area contributed by atoms with Crippen LogP contribution in [0.5, 0.6) is 5.75 Å². The highest BCUT2D eigenvalue weighted by Crippen LogP contribution is 2.23. The molecular formula is C22H14BrN3O6S. The number of nitrogens with one attached hydrogen (secondary N) is 1. The molecule has 0 spiro atoms. The fourth-order valence-corrected chi connectivity index (χ4v) is 3.80. The Kier molecular flexibility index (Phi) is 7.22. The van der Waals surface area contributed by atoms with Crippen LogP contribution in [-0.4, -0.2) is 19.2 Å². The van der Waals surface area contributed by atoms with Crippen molar-refractivity contribution in [2.75, 3.05) is 5.32 Å². The van der Waals surface area contributed by atoms with E-state index in [9.17, 15) is 28.6 Å². The predicted molar refractivity (Wildman–Crippen MR) is 124 cm³/mol. The molecule has 3 aromatic rings. The highest BCUT2D eigenvalue weighted by molar-refractivity contribution is 9.10. The van der Waals surface area contributed by atoms with Crippen molar-refractivity contribution in [1.29, 1.82) is 5.26 Å². The van der Waals surface area contributed by atoms with Gasteiger partial charge in [-0.2, -0.15) is 13.7 Å². The van der Waals surface area contributed by atoms with Gasteiger partial charge in [-0.1, -0.05) is 28.1 Å². The number of hydrogen-bond acceptors (Lipinski definition) is 7. The number of non-ortho nitro benzene ring substituents is 1. The summed E-state index contributed by atoms with van der Waals surface area (Å²) in [5.74, 6) is -0.697. The molecule has 0 saturated heterocycles. The van der Waals surface area contributed by atoms with Gasteiger partial charge in [0.15, 0.2) is 0 Å². The smallest absolute Gasteiger partial charge is 0.339 e. The summed E-state index contributed by atoms with van der Waals surface area (Å²) in [6.45, 7) is 0. The van der Waals surface area contributed by atoms with Crippen molar-refractivity contribution in [3.8, 4) is 11.8 Å². The van der Waals surface area contributed by atoms with Crippen molar-refractivity contribution in [1.82, 2.24) is 0 Å². The Morgan fingerprint density at radius 2 is 1.76 bits per heavy atom. The van der Waals surface area contributed by atoms with Crippen LogP contribution < -0.4 is 9.50 Å². The van der Waals surface area contributed by atoms with E-state index in [4.69, 9.17) is 4.18 Å². The molecule has 3 rings (SSSR count). The molecule has 0 aliphatic carbocycles. The van der Waals surface area contributed by atoms with Gasteiger partial charge in [-0.25, -0.2) is 0 Å². The minimum Gasteiger partial charge on any atom is -0.379 e. The molecule has 0 bridgehead atoms. The molecule has 11 heteroatoms. The van der Waals surface area contributed by atoms with E-state index in [0.717, 1.165) is 28.7 Å². The largest absolute Gasteiger partial charge is 0.379 e. The quantitative estimate of drug-likeness (QED) is 0.155. The Balaban J connectivity index is 1.79. The highest BCUT2D eigenvalue weighted by Gasteiger charge is 2.18. The maximum absolute atomic E-state index is 12.5. The molecule has 0 atom stereocenters. The minimum atomic E-state index is -4.26. The van der Waals surface area contributed by atoms with Crippen molar-refractivity contribution in [3.05, 3.63) is 98.5 Å². The molecule has 1 N–H and O–H groups in total. The van der Waals surface area contributed by atoms with E-state index in [1.54, 1.807) is 30.3 Å². The van der Waals surface area contributed by atoms with E-state index in [0.29, 0.717) is 11.3 Å². The Hall–Kier alpha value is -4.01. The summed E-state index contributed by atoms with van der Waals surface area (Å²) in [6.07, 6.45) is 1.29. The van der Waals surface area contributed by atoms with Gasteiger partial charge in [0.05, 0.1) is 4.92 Å². The average Bonchev–Trinajstić information content (AvgIpc) is 2.79. The second-order valence-corrected chi connectivity index (χ2v) is 8.95. The predicted octanol–water partition coefficient (Wildman–Crippen LogP) is 4.67. The fourth-order valence-electron chi connectivity index (χ4n) is 2.61. The third-order valence-electron chi connectivity index (χ3n) is 4.18. The first-order valence-corrected chi connectivity index (χ1v) is 11.4. The number of nitro groups is 1. The van der Waals surface area contributed by atoms with Crippen LogP contribution in [0.15, 0.2) is 87.7 Å². The molecule has 0 unspecified atom stereocenters. The molecule has 0 aromatic heterocycles. The fraction of sp³-hybridized carbons (Fsp3) is 0. The first-order chi connectivity index (χ1) is 15.7. The van der Waals surface area contributed by atoms with Gasteiger partial charge < -0.3 is 9.50 Å². The Bertz CT molecular complexity index is 1380. The van der Waals surface area contributed by atoms with Gasteiger partial charge in [0.25, 0.3) is 11.6 Å². The second kappa shape index (κ2) is 10.1. The summed E-state index contributed by atoms with van der Waals surface area (Å²) in [5.41, 5.74) is 0.393. The lowest BCUT2D eigenvalue weighted by atomic mass is 10.1. The molecule has 0 fully saturated rings. The zero-order chi connectivity index (χ0) is 24.0. The molecule has 0 heterocycles. The van der Waals surface area contributed by atoms with Gasteiger partial charge >= 0.3 is 10.1 Å². The summed E-state index contributed by atoms with van der Waals surface area (Å²) < 4.78 is 30.9. The van der Waals surface area contributed by atoms with Crippen LogP contribution in [0.25, 0.3) is 6.08 Å². The molecule has 9 nitrogen and oxygen atoms in total. The summed E-state index contributed by atoms with van der Waals surface area (Å²) in [4.78, 5) is 22.2. The van der Waals surface area contributed by atoms with E-state index in [2.05, 4.69) is 21.2 Å². The van der Waals surface area contributed by atoms with Crippen LogP contribution in [0.4, 0.5) is 11.4 Å². The Labute approximate surface area is 197 Å². The van der Waals surface area contributed by atoms with Gasteiger partial charge in [-0.05, 0) is 60.2 Å². The number of anilines is 1. The number of halogens is 1. The molecule has 0 aliphatic heterocycles. The number of benzene rings is 3. The zero-order valence-electron chi connectivity index (χ0n) is 16.6. The second-order valence-electron chi connectivity index (χ2n) is 6.49. The lowest BCUT2D eigenvalue weighted by molar-refractivity contribution is -0.384. The molecule has 0 radical (unpaired) electrons. The van der Waals surface area contributed by atoms with Crippen LogP contribution >= 0.6 is 15.9 Å². The van der Waals surface area contributed by atoms with Crippen LogP contribution in [0.3, 0.4) is 0 Å². The molecule has 0 saturated carbocycles. The third-order valence-corrected chi connectivity index (χ3v) is 5.97. The average molecular weight is 528 g/mol. The Morgan fingerprint density at radius 3 is 2.36 bits per heavy atom. The monoisotopic (exact) mass is 527 g/mol. The van der Waals surface area contributed by atoms with Gasteiger partial charge in [0, 0.05) is 22.3 Å². The maximum Gasteiger partial charge on any atom is 0.339 e. The van der Waals surface area contributed by atoms with Crippen LogP contribution in [0.2, 0.25) is 0 Å². The molecule has 1 amide bonds. The van der Waals surface area contributed by atoms with Crippen molar-refractivity contribution < 1.29 is 22.3 Å². The van der Waals surface area contributed by atoms with E-state index in [1.807, 2.05) is 6.07 Å². The van der Waals surface area contributed by atoms with Crippen molar-refractivity contribution in [2.24, 2.45) is 0 Å². The third kappa shape index (κ3) is 6.25. The SMILES string of the molecule is N#C/C(=C/c1cccc(OS(=O)(=O)c2ccc([N+](=O)[O-])cc2)c1)C(=O)Nc1ccc(Br)cc1. The normalized spacial score (nSPS) is 11.3. The molecule has 33 heavy (non-hydrogen) atoms. The molecule has 0 aliphatic rings. The van der Waals surface area contributed by atoms with E-state index in [1.165, 1.54) is 24.3 Å². The molecular weight excluding hydrogens is 514 g/mol. The van der Waals surface area contributed by atoms with Crippen LogP contribution in [0, 0.1) is 21.4 Å². The Morgan fingerprint density at radius 1 is 1.09 bits per heavy atom. The number of carbonyl (C=O) groups excluding carboxylic acids is 1. The number of nitro benzene ring substituents is 1. The number of nitriles is 1. The standard InChI is InChI=1S/C22H14BrN3O6S/c23-17-4-6-18(7-5-17)25-22(27)16(14-24)12-15-2-1-3-20(13-15)32-33(30,31)21-10-8-19(9-11-21)26(28)29/h1-13H,(H,25,27)/b16-12-. The number of carbonyl (C=O) groups is 1. The van der Waals surface area contributed by atoms with Crippen molar-refractivity contribution >= 4 is 49.4 Å². The summed E-state index contributed by atoms with van der Waals surface area (Å²) >= 11 is 3.29. The number of amides is 1. The first kappa shape index (κ1) is 23.6. The first-order valence-electron chi connectivity index (χ1n) is 9.16. The van der Waals surface area contributed by atoms with Crippen molar-refractivity contribution in [3.63, 3.8) is 0 Å². The molecule has 166 valence electrons. The van der Waals surface area contributed by atoms with Crippen LogP contribution in [0.1, 0.15) is 5.56 Å². The summed E-state index contributed by atoms with van der Waals surface area (Å²) in [6, 6.07) is 18.6. The minimum absolute atomic E-state index is 0.0623. The lowest BCUT2D eigenvalue weighted by Crippen LogP contribution is -2.13. The number of rotatable bonds is 7. The summed E-state index contributed by atoms with van der Waals surface area (Å²) in [5, 5.41) is 22.7. The van der Waals surface area contributed by atoms with E-state index in [-0.39, 0.29) is 21.9 Å². The summed E-state index contributed by atoms with van der Waals surface area (Å²) in [7, 11) is -4.26. The number of nitrogens with zero attached hydrogens (tertiary/aromatic N) is 2. The van der Waals surface area contributed by atoms with E-state index < -0.39 is 20.9 Å². The van der Waals surface area contributed by atoms with Gasteiger partial charge in [0.1, 0.15) is 22.3 Å². The van der Waals surface area contributed by atoms with Gasteiger partial charge in [0.2, 0.25) is 0 Å². The van der Waals surface area contributed by atoms with Gasteiger partial charge in [-0.15, -0.1) is 0 Å². The van der Waals surface area contributed by atoms with Gasteiger partial charge in [-0.3, -0.25) is 14.9 Å².